The minimum atomic E-state index is -3.75. The van der Waals surface area contributed by atoms with Crippen LogP contribution >= 0.6 is 0 Å². The standard InChI is InChI=1S/C6H9F3O2/c1-4(7)5(2)11-6(8,9)10-3/h1-3H3/b5-4+. The van der Waals surface area contributed by atoms with Gasteiger partial charge in [0.1, 0.15) is 11.6 Å². The number of hydrogen-bond donors (Lipinski definition) is 0. The highest BCUT2D eigenvalue weighted by atomic mass is 19.3. The summed E-state index contributed by atoms with van der Waals surface area (Å²) in [5.74, 6) is -1.29. The number of allylic oxidation sites excluding steroid dienone is 2. The normalized spacial score (nSPS) is 14.4. The average Bonchev–Trinajstić information content (AvgIpc) is 1.87. The molecular weight excluding hydrogens is 161 g/mol. The molecule has 0 saturated heterocycles. The van der Waals surface area contributed by atoms with E-state index in [1.54, 1.807) is 0 Å². The van der Waals surface area contributed by atoms with Crippen molar-refractivity contribution in [2.45, 2.75) is 20.1 Å². The minimum Gasteiger partial charge on any atom is -0.411 e. The minimum absolute atomic E-state index is 0.489. The molecule has 0 saturated carbocycles. The Morgan fingerprint density at radius 3 is 2.00 bits per heavy atom. The van der Waals surface area contributed by atoms with Crippen molar-refractivity contribution in [3.05, 3.63) is 11.6 Å². The van der Waals surface area contributed by atoms with Crippen LogP contribution in [0.25, 0.3) is 0 Å². The van der Waals surface area contributed by atoms with E-state index in [-0.39, 0.29) is 0 Å². The van der Waals surface area contributed by atoms with Gasteiger partial charge >= 0.3 is 6.29 Å². The zero-order valence-corrected chi connectivity index (χ0v) is 6.45. The predicted octanol–water partition coefficient (Wildman–Crippen LogP) is 2.42. The van der Waals surface area contributed by atoms with Crippen LogP contribution in [-0.4, -0.2) is 13.4 Å². The van der Waals surface area contributed by atoms with E-state index in [1.807, 2.05) is 0 Å². The molecule has 0 fully saturated rings. The Morgan fingerprint density at radius 1 is 1.27 bits per heavy atom. The summed E-state index contributed by atoms with van der Waals surface area (Å²) in [7, 11) is 0.765. The van der Waals surface area contributed by atoms with Crippen LogP contribution in [0.2, 0.25) is 0 Å². The quantitative estimate of drug-likeness (QED) is 0.478. The van der Waals surface area contributed by atoms with E-state index in [0.717, 1.165) is 21.0 Å². The first-order valence-electron chi connectivity index (χ1n) is 2.84. The van der Waals surface area contributed by atoms with Crippen LogP contribution in [0.5, 0.6) is 0 Å². The van der Waals surface area contributed by atoms with E-state index < -0.39 is 17.9 Å². The number of halogens is 3. The number of rotatable bonds is 3. The topological polar surface area (TPSA) is 18.5 Å². The van der Waals surface area contributed by atoms with Crippen LogP contribution in [0.3, 0.4) is 0 Å². The summed E-state index contributed by atoms with van der Waals surface area (Å²) in [5.41, 5.74) is 0. The molecule has 0 aliphatic carbocycles. The van der Waals surface area contributed by atoms with Gasteiger partial charge in [-0.2, -0.15) is 0 Å². The number of alkyl halides is 2. The Labute approximate surface area is 62.6 Å². The van der Waals surface area contributed by atoms with Gasteiger partial charge < -0.3 is 4.74 Å². The van der Waals surface area contributed by atoms with E-state index >= 15 is 0 Å². The van der Waals surface area contributed by atoms with Crippen molar-refractivity contribution in [1.82, 2.24) is 0 Å². The molecule has 0 heterocycles. The van der Waals surface area contributed by atoms with Crippen LogP contribution in [0, 0.1) is 0 Å². The first-order valence-corrected chi connectivity index (χ1v) is 2.84. The van der Waals surface area contributed by atoms with Gasteiger partial charge in [0.2, 0.25) is 0 Å². The third kappa shape index (κ3) is 3.87. The average molecular weight is 170 g/mol. The largest absolute Gasteiger partial charge is 0.534 e. The predicted molar refractivity (Wildman–Crippen MR) is 32.5 cm³/mol. The molecule has 0 aromatic rings. The van der Waals surface area contributed by atoms with E-state index in [4.69, 9.17) is 0 Å². The molecule has 0 atom stereocenters. The number of methoxy groups -OCH3 is 1. The van der Waals surface area contributed by atoms with Gasteiger partial charge in [-0.15, -0.1) is 8.78 Å². The summed E-state index contributed by atoms with van der Waals surface area (Å²) >= 11 is 0. The molecule has 0 radical (unpaired) electrons. The van der Waals surface area contributed by atoms with Gasteiger partial charge in [0, 0.05) is 7.11 Å². The zero-order chi connectivity index (χ0) is 9.07. The summed E-state index contributed by atoms with van der Waals surface area (Å²) < 4.78 is 43.8. The lowest BCUT2D eigenvalue weighted by Crippen LogP contribution is -2.22. The van der Waals surface area contributed by atoms with Crippen molar-refractivity contribution in [1.29, 1.82) is 0 Å². The second-order valence-corrected chi connectivity index (χ2v) is 1.86. The fraction of sp³-hybridized carbons (Fsp3) is 0.667. The highest BCUT2D eigenvalue weighted by Crippen LogP contribution is 2.21. The van der Waals surface area contributed by atoms with Crippen LogP contribution in [0.4, 0.5) is 13.2 Å². The molecule has 0 aliphatic rings. The maximum absolute atomic E-state index is 12.1. The fourth-order valence-electron chi connectivity index (χ4n) is 0.290. The third-order valence-corrected chi connectivity index (χ3v) is 0.995. The molecule has 0 bridgehead atoms. The molecule has 0 spiro atoms. The SMILES string of the molecule is COC(F)(F)O/C(C)=C(\C)F. The highest BCUT2D eigenvalue weighted by molar-refractivity contribution is 4.93. The van der Waals surface area contributed by atoms with Gasteiger partial charge in [0.25, 0.3) is 0 Å². The maximum atomic E-state index is 12.1. The monoisotopic (exact) mass is 170 g/mol. The Balaban J connectivity index is 4.15. The molecule has 0 aromatic carbocycles. The van der Waals surface area contributed by atoms with E-state index in [1.165, 1.54) is 0 Å². The van der Waals surface area contributed by atoms with Gasteiger partial charge in [-0.25, -0.2) is 4.39 Å². The Morgan fingerprint density at radius 2 is 1.73 bits per heavy atom. The van der Waals surface area contributed by atoms with Gasteiger partial charge in [-0.1, -0.05) is 0 Å². The molecule has 66 valence electrons. The molecule has 2 nitrogen and oxygen atoms in total. The molecule has 0 rings (SSSR count). The highest BCUT2D eigenvalue weighted by Gasteiger charge is 2.32. The van der Waals surface area contributed by atoms with Crippen molar-refractivity contribution >= 4 is 0 Å². The lowest BCUT2D eigenvalue weighted by molar-refractivity contribution is -0.368. The van der Waals surface area contributed by atoms with Gasteiger partial charge in [-0.3, -0.25) is 4.74 Å². The molecule has 0 N–H and O–H groups in total. The third-order valence-electron chi connectivity index (χ3n) is 0.995. The number of hydrogen-bond acceptors (Lipinski definition) is 2. The van der Waals surface area contributed by atoms with E-state index in [9.17, 15) is 13.2 Å². The van der Waals surface area contributed by atoms with Crippen LogP contribution in [-0.2, 0) is 9.47 Å². The van der Waals surface area contributed by atoms with Crippen molar-refractivity contribution in [2.75, 3.05) is 7.11 Å². The lowest BCUT2D eigenvalue weighted by atomic mass is 10.5. The van der Waals surface area contributed by atoms with Gasteiger partial charge in [-0.05, 0) is 13.8 Å². The molecule has 0 aromatic heterocycles. The summed E-state index contributed by atoms with van der Waals surface area (Å²) in [4.78, 5) is 0. The zero-order valence-electron chi connectivity index (χ0n) is 6.45. The molecule has 0 unspecified atom stereocenters. The lowest BCUT2D eigenvalue weighted by Gasteiger charge is -2.14. The van der Waals surface area contributed by atoms with E-state index in [0.29, 0.717) is 0 Å². The Hall–Kier alpha value is -0.710. The summed E-state index contributed by atoms with van der Waals surface area (Å²) in [5, 5.41) is 0. The Bertz CT molecular complexity index is 161. The maximum Gasteiger partial charge on any atom is 0.534 e. The fourth-order valence-corrected chi connectivity index (χ4v) is 0.290. The van der Waals surface area contributed by atoms with Crippen molar-refractivity contribution < 1.29 is 22.6 Å². The summed E-state index contributed by atoms with van der Waals surface area (Å²) in [6, 6.07) is 0. The van der Waals surface area contributed by atoms with Crippen molar-refractivity contribution in [3.63, 3.8) is 0 Å². The molecule has 0 amide bonds. The number of ether oxygens (including phenoxy) is 2. The second kappa shape index (κ2) is 3.61. The van der Waals surface area contributed by atoms with Gasteiger partial charge in [0.05, 0.1) is 0 Å². The first-order chi connectivity index (χ1) is 4.89. The molecule has 5 heteroatoms. The second-order valence-electron chi connectivity index (χ2n) is 1.86. The van der Waals surface area contributed by atoms with Crippen LogP contribution in [0.15, 0.2) is 11.6 Å². The van der Waals surface area contributed by atoms with Gasteiger partial charge in [0.15, 0.2) is 0 Å². The molecule has 11 heavy (non-hydrogen) atoms. The molecule has 0 aliphatic heterocycles. The van der Waals surface area contributed by atoms with Crippen molar-refractivity contribution in [2.24, 2.45) is 0 Å². The first kappa shape index (κ1) is 10.3. The summed E-state index contributed by atoms with van der Waals surface area (Å²) in [6.07, 6.45) is -3.75. The van der Waals surface area contributed by atoms with Crippen molar-refractivity contribution in [3.8, 4) is 0 Å². The van der Waals surface area contributed by atoms with Crippen LogP contribution in [0.1, 0.15) is 13.8 Å². The smallest absolute Gasteiger partial charge is 0.411 e. The van der Waals surface area contributed by atoms with E-state index in [2.05, 4.69) is 9.47 Å². The Kier molecular flexibility index (Phi) is 3.38. The van der Waals surface area contributed by atoms with Crippen LogP contribution < -0.4 is 0 Å². The summed E-state index contributed by atoms with van der Waals surface area (Å²) in [6.45, 7) is 2.10. The molecular formula is C6H9F3O2.